The molecule has 1 N–H and O–H groups in total. The molecule has 6 heteroatoms. The fourth-order valence-electron chi connectivity index (χ4n) is 1.65. The second-order valence-corrected chi connectivity index (χ2v) is 4.22. The number of anilines is 1. The van der Waals surface area contributed by atoms with Crippen molar-refractivity contribution in [1.29, 1.82) is 0 Å². The number of hydrogen-bond acceptors (Lipinski definition) is 2. The van der Waals surface area contributed by atoms with Crippen molar-refractivity contribution in [2.45, 2.75) is 6.18 Å². The highest BCUT2D eigenvalue weighted by Crippen LogP contribution is 2.29. The summed E-state index contributed by atoms with van der Waals surface area (Å²) in [6.07, 6.45) is -4.44. The van der Waals surface area contributed by atoms with Gasteiger partial charge in [-0.3, -0.25) is 9.59 Å². The smallest absolute Gasteiger partial charge is 0.319 e. The van der Waals surface area contributed by atoms with Gasteiger partial charge in [-0.05, 0) is 24.3 Å². The number of Topliss-reactive ketones (excluding diaryl/α,β-unsaturated/α-hetero) is 1. The van der Waals surface area contributed by atoms with E-state index in [9.17, 15) is 22.8 Å². The minimum absolute atomic E-state index is 0.122. The molecule has 0 aliphatic carbocycles. The Morgan fingerprint density at radius 1 is 0.857 bits per heavy atom. The summed E-state index contributed by atoms with van der Waals surface area (Å²) in [5.41, 5.74) is -0.492. The van der Waals surface area contributed by atoms with Crippen LogP contribution in [0.1, 0.15) is 15.9 Å². The number of carbonyl (C=O) groups excluding carboxylic acids is 2. The SMILES string of the molecule is O=C(Nc1ccc(C(F)(F)F)cc1)C(=O)c1ccccc1. The van der Waals surface area contributed by atoms with Crippen LogP contribution < -0.4 is 5.32 Å². The Morgan fingerprint density at radius 2 is 1.43 bits per heavy atom. The number of alkyl halides is 3. The molecule has 2 aromatic rings. The van der Waals surface area contributed by atoms with Gasteiger partial charge in [0.25, 0.3) is 11.7 Å². The lowest BCUT2D eigenvalue weighted by molar-refractivity contribution is -0.137. The predicted molar refractivity (Wildman–Crippen MR) is 70.8 cm³/mol. The Morgan fingerprint density at radius 3 is 1.95 bits per heavy atom. The molecule has 0 saturated carbocycles. The Labute approximate surface area is 118 Å². The van der Waals surface area contributed by atoms with Crippen LogP contribution in [-0.4, -0.2) is 11.7 Å². The number of benzene rings is 2. The van der Waals surface area contributed by atoms with E-state index < -0.39 is 23.4 Å². The van der Waals surface area contributed by atoms with E-state index in [1.807, 2.05) is 0 Å². The largest absolute Gasteiger partial charge is 0.416 e. The zero-order chi connectivity index (χ0) is 15.5. The number of nitrogens with one attached hydrogen (secondary N) is 1. The number of halogens is 3. The second kappa shape index (κ2) is 5.78. The molecule has 0 unspecified atom stereocenters. The normalized spacial score (nSPS) is 11.0. The highest BCUT2D eigenvalue weighted by atomic mass is 19.4. The lowest BCUT2D eigenvalue weighted by Crippen LogP contribution is -2.22. The Balaban J connectivity index is 2.08. The molecule has 0 bridgehead atoms. The quantitative estimate of drug-likeness (QED) is 0.695. The molecule has 2 rings (SSSR count). The van der Waals surface area contributed by atoms with E-state index in [1.165, 1.54) is 12.1 Å². The van der Waals surface area contributed by atoms with Crippen molar-refractivity contribution in [3.05, 3.63) is 65.7 Å². The highest BCUT2D eigenvalue weighted by molar-refractivity contribution is 6.46. The van der Waals surface area contributed by atoms with Crippen molar-refractivity contribution >= 4 is 17.4 Å². The van der Waals surface area contributed by atoms with Gasteiger partial charge in [-0.2, -0.15) is 13.2 Å². The molecule has 0 atom stereocenters. The number of rotatable bonds is 3. The summed E-state index contributed by atoms with van der Waals surface area (Å²) in [4.78, 5) is 23.5. The Kier molecular flexibility index (Phi) is 4.07. The van der Waals surface area contributed by atoms with E-state index in [-0.39, 0.29) is 11.3 Å². The second-order valence-electron chi connectivity index (χ2n) is 4.22. The average molecular weight is 293 g/mol. The Hall–Kier alpha value is -2.63. The third-order valence-electron chi connectivity index (χ3n) is 2.71. The summed E-state index contributed by atoms with van der Waals surface area (Å²) in [5, 5.41) is 2.26. The van der Waals surface area contributed by atoms with E-state index in [2.05, 4.69) is 5.32 Å². The van der Waals surface area contributed by atoms with Crippen molar-refractivity contribution < 1.29 is 22.8 Å². The van der Waals surface area contributed by atoms with Gasteiger partial charge in [-0.25, -0.2) is 0 Å². The van der Waals surface area contributed by atoms with Gasteiger partial charge in [0.15, 0.2) is 0 Å². The fraction of sp³-hybridized carbons (Fsp3) is 0.0667. The summed E-state index contributed by atoms with van der Waals surface area (Å²) in [7, 11) is 0. The summed E-state index contributed by atoms with van der Waals surface area (Å²) < 4.78 is 37.2. The molecule has 0 spiro atoms. The van der Waals surface area contributed by atoms with Crippen LogP contribution in [0.5, 0.6) is 0 Å². The highest BCUT2D eigenvalue weighted by Gasteiger charge is 2.30. The van der Waals surface area contributed by atoms with Gasteiger partial charge in [0, 0.05) is 11.3 Å². The van der Waals surface area contributed by atoms with E-state index in [1.54, 1.807) is 18.2 Å². The molecule has 2 aromatic carbocycles. The summed E-state index contributed by atoms with van der Waals surface area (Å²) in [5.74, 6) is -1.66. The Bertz CT molecular complexity index is 649. The molecule has 0 heterocycles. The van der Waals surface area contributed by atoms with Gasteiger partial charge in [0.2, 0.25) is 0 Å². The van der Waals surface area contributed by atoms with Crippen LogP contribution in [0.15, 0.2) is 54.6 Å². The van der Waals surface area contributed by atoms with E-state index in [0.29, 0.717) is 0 Å². The maximum atomic E-state index is 12.4. The lowest BCUT2D eigenvalue weighted by atomic mass is 10.1. The standard InChI is InChI=1S/C15H10F3NO2/c16-15(17,18)11-6-8-12(9-7-11)19-14(21)13(20)10-4-2-1-3-5-10/h1-9H,(H,19,21). The first-order chi connectivity index (χ1) is 9.88. The molecule has 3 nitrogen and oxygen atoms in total. The van der Waals surface area contributed by atoms with Crippen molar-refractivity contribution in [2.75, 3.05) is 5.32 Å². The van der Waals surface area contributed by atoms with Gasteiger partial charge >= 0.3 is 6.18 Å². The maximum absolute atomic E-state index is 12.4. The number of hydrogen-bond donors (Lipinski definition) is 1. The first kappa shape index (κ1) is 14.8. The average Bonchev–Trinajstić information content (AvgIpc) is 2.47. The van der Waals surface area contributed by atoms with Gasteiger partial charge in [0.1, 0.15) is 0 Å². The lowest BCUT2D eigenvalue weighted by Gasteiger charge is -2.08. The number of carbonyl (C=O) groups is 2. The van der Waals surface area contributed by atoms with Crippen LogP contribution in [0.2, 0.25) is 0 Å². The molecule has 108 valence electrons. The maximum Gasteiger partial charge on any atom is 0.416 e. The third-order valence-corrected chi connectivity index (χ3v) is 2.71. The molecular formula is C15H10F3NO2. The first-order valence-corrected chi connectivity index (χ1v) is 5.96. The molecule has 0 aliphatic rings. The summed E-state index contributed by atoms with van der Waals surface area (Å²) in [6, 6.07) is 11.7. The van der Waals surface area contributed by atoms with E-state index in [4.69, 9.17) is 0 Å². The molecule has 0 aromatic heterocycles. The molecule has 1 amide bonds. The molecular weight excluding hydrogens is 283 g/mol. The van der Waals surface area contributed by atoms with Gasteiger partial charge in [-0.1, -0.05) is 30.3 Å². The van der Waals surface area contributed by atoms with Crippen LogP contribution in [0.4, 0.5) is 18.9 Å². The monoisotopic (exact) mass is 293 g/mol. The van der Waals surface area contributed by atoms with Crippen molar-refractivity contribution in [2.24, 2.45) is 0 Å². The van der Waals surface area contributed by atoms with Gasteiger partial charge < -0.3 is 5.32 Å². The number of ketones is 1. The fourth-order valence-corrected chi connectivity index (χ4v) is 1.65. The molecule has 0 saturated heterocycles. The topological polar surface area (TPSA) is 46.2 Å². The molecule has 0 aliphatic heterocycles. The predicted octanol–water partition coefficient (Wildman–Crippen LogP) is 3.53. The third kappa shape index (κ3) is 3.68. The van der Waals surface area contributed by atoms with E-state index >= 15 is 0 Å². The summed E-state index contributed by atoms with van der Waals surface area (Å²) >= 11 is 0. The van der Waals surface area contributed by atoms with Crippen molar-refractivity contribution in [3.63, 3.8) is 0 Å². The van der Waals surface area contributed by atoms with Gasteiger partial charge in [0.05, 0.1) is 5.56 Å². The van der Waals surface area contributed by atoms with Crippen LogP contribution in [0.25, 0.3) is 0 Å². The molecule has 21 heavy (non-hydrogen) atoms. The minimum Gasteiger partial charge on any atom is -0.319 e. The van der Waals surface area contributed by atoms with Crippen LogP contribution in [0, 0.1) is 0 Å². The zero-order valence-electron chi connectivity index (χ0n) is 10.6. The number of amides is 1. The molecule has 0 radical (unpaired) electrons. The summed E-state index contributed by atoms with van der Waals surface area (Å²) in [6.45, 7) is 0. The van der Waals surface area contributed by atoms with Crippen LogP contribution in [0.3, 0.4) is 0 Å². The van der Waals surface area contributed by atoms with E-state index in [0.717, 1.165) is 24.3 Å². The van der Waals surface area contributed by atoms with Crippen molar-refractivity contribution in [1.82, 2.24) is 0 Å². The van der Waals surface area contributed by atoms with Crippen LogP contribution >= 0.6 is 0 Å². The van der Waals surface area contributed by atoms with Crippen molar-refractivity contribution in [3.8, 4) is 0 Å². The van der Waals surface area contributed by atoms with Gasteiger partial charge in [-0.15, -0.1) is 0 Å². The first-order valence-electron chi connectivity index (χ1n) is 5.96. The minimum atomic E-state index is -4.44. The molecule has 0 fully saturated rings. The van der Waals surface area contributed by atoms with Crippen LogP contribution in [-0.2, 0) is 11.0 Å². The zero-order valence-corrected chi connectivity index (χ0v) is 10.6.